The lowest BCUT2D eigenvalue weighted by atomic mass is 10.2. The number of rotatable bonds is 6. The van der Waals surface area contributed by atoms with Crippen LogP contribution in [0, 0.1) is 0 Å². The molecule has 0 aliphatic carbocycles. The standard InChI is InChI=1S/C14H25N5O/c1-3-11(16-13(20)8-9-15-2)14-18-17-12-7-5-4-6-10-19(12)14/h11,15H,3-10H2,1-2H3,(H,16,20). The first kappa shape index (κ1) is 15.0. The van der Waals surface area contributed by atoms with E-state index in [-0.39, 0.29) is 11.9 Å². The summed E-state index contributed by atoms with van der Waals surface area (Å²) < 4.78 is 2.21. The molecule has 2 heterocycles. The van der Waals surface area contributed by atoms with Crippen molar-refractivity contribution in [3.63, 3.8) is 0 Å². The van der Waals surface area contributed by atoms with Crippen LogP contribution in [0.5, 0.6) is 0 Å². The van der Waals surface area contributed by atoms with Gasteiger partial charge in [0.1, 0.15) is 5.82 Å². The molecule has 20 heavy (non-hydrogen) atoms. The summed E-state index contributed by atoms with van der Waals surface area (Å²) >= 11 is 0. The van der Waals surface area contributed by atoms with Gasteiger partial charge in [0, 0.05) is 25.9 Å². The Labute approximate surface area is 120 Å². The van der Waals surface area contributed by atoms with Crippen molar-refractivity contribution < 1.29 is 4.79 Å². The smallest absolute Gasteiger partial charge is 0.221 e. The number of fused-ring (bicyclic) bond motifs is 1. The Bertz CT molecular complexity index is 443. The summed E-state index contributed by atoms with van der Waals surface area (Å²) in [7, 11) is 1.85. The van der Waals surface area contributed by atoms with Crippen LogP contribution in [-0.2, 0) is 17.8 Å². The highest BCUT2D eigenvalue weighted by molar-refractivity contribution is 5.76. The van der Waals surface area contributed by atoms with Crippen molar-refractivity contribution in [3.8, 4) is 0 Å². The minimum absolute atomic E-state index is 0.0290. The molecule has 0 bridgehead atoms. The Morgan fingerprint density at radius 3 is 2.95 bits per heavy atom. The van der Waals surface area contributed by atoms with E-state index in [1.807, 2.05) is 7.05 Å². The summed E-state index contributed by atoms with van der Waals surface area (Å²) in [4.78, 5) is 11.9. The molecule has 112 valence electrons. The zero-order valence-electron chi connectivity index (χ0n) is 12.5. The number of nitrogens with one attached hydrogen (secondary N) is 2. The number of carbonyl (C=O) groups is 1. The lowest BCUT2D eigenvalue weighted by molar-refractivity contribution is -0.121. The average Bonchev–Trinajstić information content (AvgIpc) is 2.71. The van der Waals surface area contributed by atoms with Crippen molar-refractivity contribution in [1.29, 1.82) is 0 Å². The highest BCUT2D eigenvalue weighted by atomic mass is 16.1. The van der Waals surface area contributed by atoms with E-state index in [0.717, 1.165) is 31.0 Å². The van der Waals surface area contributed by atoms with Crippen LogP contribution in [0.4, 0.5) is 0 Å². The molecule has 1 amide bonds. The number of hydrogen-bond donors (Lipinski definition) is 2. The van der Waals surface area contributed by atoms with E-state index in [1.165, 1.54) is 19.3 Å². The largest absolute Gasteiger partial charge is 0.346 e. The third kappa shape index (κ3) is 3.56. The lowest BCUT2D eigenvalue weighted by Crippen LogP contribution is -2.32. The number of nitrogens with zero attached hydrogens (tertiary/aromatic N) is 3. The summed E-state index contributed by atoms with van der Waals surface area (Å²) in [6.45, 7) is 3.74. The molecule has 2 N–H and O–H groups in total. The first-order valence-electron chi connectivity index (χ1n) is 7.62. The SMILES string of the molecule is CCC(NC(=O)CCNC)c1nnc2n1CCCCC2. The van der Waals surface area contributed by atoms with Gasteiger partial charge >= 0.3 is 0 Å². The molecule has 1 aliphatic heterocycles. The van der Waals surface area contributed by atoms with Crippen LogP contribution in [0.15, 0.2) is 0 Å². The lowest BCUT2D eigenvalue weighted by Gasteiger charge is -2.18. The van der Waals surface area contributed by atoms with Gasteiger partial charge in [0.25, 0.3) is 0 Å². The van der Waals surface area contributed by atoms with Crippen molar-refractivity contribution in [2.75, 3.05) is 13.6 Å². The van der Waals surface area contributed by atoms with E-state index in [9.17, 15) is 4.79 Å². The first-order valence-corrected chi connectivity index (χ1v) is 7.62. The van der Waals surface area contributed by atoms with Gasteiger partial charge in [-0.1, -0.05) is 13.3 Å². The van der Waals surface area contributed by atoms with Gasteiger partial charge in [0.15, 0.2) is 5.82 Å². The molecule has 6 heteroatoms. The second-order valence-electron chi connectivity index (χ2n) is 5.32. The fourth-order valence-corrected chi connectivity index (χ4v) is 2.62. The number of carbonyl (C=O) groups excluding carboxylic acids is 1. The topological polar surface area (TPSA) is 71.8 Å². The molecule has 0 saturated carbocycles. The van der Waals surface area contributed by atoms with E-state index < -0.39 is 0 Å². The van der Waals surface area contributed by atoms with Crippen molar-refractivity contribution in [2.24, 2.45) is 0 Å². The number of amides is 1. The van der Waals surface area contributed by atoms with E-state index in [0.29, 0.717) is 13.0 Å². The minimum atomic E-state index is -0.0290. The molecule has 1 unspecified atom stereocenters. The van der Waals surface area contributed by atoms with Gasteiger partial charge < -0.3 is 15.2 Å². The maximum Gasteiger partial charge on any atom is 0.221 e. The molecule has 1 atom stereocenters. The number of hydrogen-bond acceptors (Lipinski definition) is 4. The quantitative estimate of drug-likeness (QED) is 0.820. The summed E-state index contributed by atoms with van der Waals surface area (Å²) in [6, 6.07) is -0.0290. The molecule has 0 spiro atoms. The van der Waals surface area contributed by atoms with Gasteiger partial charge in [-0.25, -0.2) is 0 Å². The zero-order valence-corrected chi connectivity index (χ0v) is 12.5. The molecule has 1 aliphatic rings. The predicted octanol–water partition coefficient (Wildman–Crippen LogP) is 1.18. The van der Waals surface area contributed by atoms with Crippen LogP contribution in [0.1, 0.15) is 56.7 Å². The summed E-state index contributed by atoms with van der Waals surface area (Å²) in [5.41, 5.74) is 0. The van der Waals surface area contributed by atoms with Crippen LogP contribution in [0.25, 0.3) is 0 Å². The van der Waals surface area contributed by atoms with Gasteiger partial charge in [-0.2, -0.15) is 0 Å². The fraction of sp³-hybridized carbons (Fsp3) is 0.786. The maximum absolute atomic E-state index is 11.9. The highest BCUT2D eigenvalue weighted by Gasteiger charge is 2.22. The molecule has 0 radical (unpaired) electrons. The Balaban J connectivity index is 2.07. The van der Waals surface area contributed by atoms with Crippen LogP contribution in [0.3, 0.4) is 0 Å². The second kappa shape index (κ2) is 7.38. The summed E-state index contributed by atoms with van der Waals surface area (Å²) in [5, 5.41) is 14.7. The second-order valence-corrected chi connectivity index (χ2v) is 5.32. The Hall–Kier alpha value is -1.43. The van der Waals surface area contributed by atoms with Crippen molar-refractivity contribution >= 4 is 5.91 Å². The molecule has 6 nitrogen and oxygen atoms in total. The highest BCUT2D eigenvalue weighted by Crippen LogP contribution is 2.20. The molecular formula is C14H25N5O. The van der Waals surface area contributed by atoms with Gasteiger partial charge in [0.2, 0.25) is 5.91 Å². The van der Waals surface area contributed by atoms with Crippen molar-refractivity contribution in [3.05, 3.63) is 11.6 Å². The summed E-state index contributed by atoms with van der Waals surface area (Å²) in [6.07, 6.45) is 5.92. The number of aromatic nitrogens is 3. The molecule has 0 saturated heterocycles. The predicted molar refractivity (Wildman–Crippen MR) is 77.3 cm³/mol. The van der Waals surface area contributed by atoms with Gasteiger partial charge in [-0.05, 0) is 26.3 Å². The van der Waals surface area contributed by atoms with E-state index in [1.54, 1.807) is 0 Å². The Kier molecular flexibility index (Phi) is 5.52. The normalized spacial score (nSPS) is 16.3. The molecule has 0 aromatic carbocycles. The fourth-order valence-electron chi connectivity index (χ4n) is 2.62. The van der Waals surface area contributed by atoms with E-state index in [2.05, 4.69) is 32.3 Å². The molecule has 2 rings (SSSR count). The molecular weight excluding hydrogens is 254 g/mol. The minimum Gasteiger partial charge on any atom is -0.346 e. The maximum atomic E-state index is 11.9. The van der Waals surface area contributed by atoms with Crippen LogP contribution in [-0.4, -0.2) is 34.3 Å². The van der Waals surface area contributed by atoms with Gasteiger partial charge in [-0.15, -0.1) is 10.2 Å². The molecule has 0 fully saturated rings. The monoisotopic (exact) mass is 279 g/mol. The van der Waals surface area contributed by atoms with E-state index in [4.69, 9.17) is 0 Å². The molecule has 1 aromatic rings. The van der Waals surface area contributed by atoms with Gasteiger partial charge in [-0.3, -0.25) is 4.79 Å². The zero-order chi connectivity index (χ0) is 14.4. The third-order valence-corrected chi connectivity index (χ3v) is 3.80. The number of aryl methyl sites for hydroxylation is 1. The average molecular weight is 279 g/mol. The summed E-state index contributed by atoms with van der Waals surface area (Å²) in [5.74, 6) is 2.06. The van der Waals surface area contributed by atoms with Crippen LogP contribution in [0.2, 0.25) is 0 Å². The van der Waals surface area contributed by atoms with Gasteiger partial charge in [0.05, 0.1) is 6.04 Å². The van der Waals surface area contributed by atoms with Crippen LogP contribution < -0.4 is 10.6 Å². The van der Waals surface area contributed by atoms with Crippen molar-refractivity contribution in [2.45, 2.75) is 58.0 Å². The van der Waals surface area contributed by atoms with Crippen molar-refractivity contribution in [1.82, 2.24) is 25.4 Å². The third-order valence-electron chi connectivity index (χ3n) is 3.80. The Morgan fingerprint density at radius 2 is 2.20 bits per heavy atom. The van der Waals surface area contributed by atoms with Crippen LogP contribution >= 0.6 is 0 Å². The van der Waals surface area contributed by atoms with E-state index >= 15 is 0 Å². The first-order chi connectivity index (χ1) is 9.76. The molecule has 1 aromatic heterocycles. The Morgan fingerprint density at radius 1 is 1.35 bits per heavy atom.